The average molecular weight is 172 g/mol. The molecule has 2 N–H and O–H groups in total. The first kappa shape index (κ1) is 11.2. The van der Waals surface area contributed by atoms with E-state index in [0.717, 1.165) is 19.3 Å². The van der Waals surface area contributed by atoms with Crippen LogP contribution in [0.15, 0.2) is 12.2 Å². The number of aliphatic hydroxyl groups excluding tert-OH is 1. The molecule has 0 radical (unpaired) electrons. The normalized spacial score (nSPS) is 10.8. The van der Waals surface area contributed by atoms with Crippen molar-refractivity contribution in [3.63, 3.8) is 0 Å². The molecule has 0 aromatic heterocycles. The first-order chi connectivity index (χ1) is 5.77. The van der Waals surface area contributed by atoms with E-state index in [9.17, 15) is 4.79 Å². The Morgan fingerprint density at radius 2 is 1.83 bits per heavy atom. The van der Waals surface area contributed by atoms with E-state index in [0.29, 0.717) is 6.42 Å². The number of aliphatic carboxylic acids is 1. The average Bonchev–Trinajstić information content (AvgIpc) is 2.02. The lowest BCUT2D eigenvalue weighted by Crippen LogP contribution is -1.91. The predicted molar refractivity (Wildman–Crippen MR) is 46.9 cm³/mol. The second kappa shape index (κ2) is 8.27. The lowest BCUT2D eigenvalue weighted by atomic mass is 10.2. The van der Waals surface area contributed by atoms with Gasteiger partial charge in [-0.15, -0.1) is 0 Å². The predicted octanol–water partition coefficient (Wildman–Crippen LogP) is 1.57. The largest absolute Gasteiger partial charge is 0.481 e. The maximum atomic E-state index is 10.1. The van der Waals surface area contributed by atoms with Crippen molar-refractivity contribution in [1.29, 1.82) is 0 Å². The van der Waals surface area contributed by atoms with Gasteiger partial charge in [-0.2, -0.15) is 0 Å². The molecule has 0 aliphatic carbocycles. The molecule has 0 atom stereocenters. The molecule has 0 bridgehead atoms. The molecule has 3 nitrogen and oxygen atoms in total. The Morgan fingerprint density at radius 3 is 2.42 bits per heavy atom. The highest BCUT2D eigenvalue weighted by molar-refractivity contribution is 5.66. The van der Waals surface area contributed by atoms with Gasteiger partial charge >= 0.3 is 5.97 Å². The topological polar surface area (TPSA) is 57.5 Å². The Balaban J connectivity index is 3.09. The Morgan fingerprint density at radius 1 is 1.17 bits per heavy atom. The smallest absolute Gasteiger partial charge is 0.303 e. The van der Waals surface area contributed by atoms with Gasteiger partial charge in [0.15, 0.2) is 0 Å². The Labute approximate surface area is 72.7 Å². The van der Waals surface area contributed by atoms with Gasteiger partial charge in [-0.1, -0.05) is 12.2 Å². The van der Waals surface area contributed by atoms with Crippen LogP contribution in [-0.2, 0) is 4.79 Å². The summed E-state index contributed by atoms with van der Waals surface area (Å²) in [6, 6.07) is 0. The number of carbonyl (C=O) groups is 1. The van der Waals surface area contributed by atoms with E-state index >= 15 is 0 Å². The Bertz CT molecular complexity index is 141. The number of aliphatic hydroxyl groups is 1. The minimum absolute atomic E-state index is 0.205. The quantitative estimate of drug-likeness (QED) is 0.452. The lowest BCUT2D eigenvalue weighted by molar-refractivity contribution is -0.136. The van der Waals surface area contributed by atoms with Gasteiger partial charge in [0.25, 0.3) is 0 Å². The maximum Gasteiger partial charge on any atom is 0.303 e. The Hall–Kier alpha value is -0.830. The fourth-order valence-electron chi connectivity index (χ4n) is 0.817. The summed E-state index contributed by atoms with van der Waals surface area (Å²) in [7, 11) is 0. The summed E-state index contributed by atoms with van der Waals surface area (Å²) in [5.41, 5.74) is 0. The van der Waals surface area contributed by atoms with Crippen molar-refractivity contribution in [1.82, 2.24) is 0 Å². The van der Waals surface area contributed by atoms with E-state index in [1.165, 1.54) is 0 Å². The van der Waals surface area contributed by atoms with Gasteiger partial charge in [0.05, 0.1) is 0 Å². The van der Waals surface area contributed by atoms with Crippen molar-refractivity contribution in [3.05, 3.63) is 12.2 Å². The minimum atomic E-state index is -0.755. The zero-order valence-corrected chi connectivity index (χ0v) is 7.20. The molecule has 0 aromatic carbocycles. The van der Waals surface area contributed by atoms with Gasteiger partial charge in [-0.25, -0.2) is 0 Å². The number of carboxylic acids is 1. The van der Waals surface area contributed by atoms with Gasteiger partial charge in [0.2, 0.25) is 0 Å². The summed E-state index contributed by atoms with van der Waals surface area (Å²) in [6.07, 6.45) is 7.39. The monoisotopic (exact) mass is 172 g/mol. The van der Waals surface area contributed by atoms with Crippen LogP contribution >= 0.6 is 0 Å². The van der Waals surface area contributed by atoms with Crippen LogP contribution in [0.25, 0.3) is 0 Å². The second-order valence-electron chi connectivity index (χ2n) is 2.62. The fraction of sp³-hybridized carbons (Fsp3) is 0.667. The maximum absolute atomic E-state index is 10.1. The first-order valence-corrected chi connectivity index (χ1v) is 4.25. The summed E-state index contributed by atoms with van der Waals surface area (Å²) in [4.78, 5) is 10.1. The Kier molecular flexibility index (Phi) is 7.70. The summed E-state index contributed by atoms with van der Waals surface area (Å²) >= 11 is 0. The molecule has 0 saturated carbocycles. The van der Waals surface area contributed by atoms with E-state index in [1.807, 2.05) is 12.2 Å². The molecule has 0 rings (SSSR count). The van der Waals surface area contributed by atoms with Crippen LogP contribution in [0.4, 0.5) is 0 Å². The lowest BCUT2D eigenvalue weighted by Gasteiger charge is -1.91. The van der Waals surface area contributed by atoms with Crippen LogP contribution in [0.1, 0.15) is 32.1 Å². The highest BCUT2D eigenvalue weighted by Gasteiger charge is 1.91. The van der Waals surface area contributed by atoms with Crippen molar-refractivity contribution >= 4 is 5.97 Å². The SMILES string of the molecule is O=C(O)CCC=CCCCCO. The van der Waals surface area contributed by atoms with Gasteiger partial charge < -0.3 is 10.2 Å². The van der Waals surface area contributed by atoms with Crippen LogP contribution in [0, 0.1) is 0 Å². The fourth-order valence-corrected chi connectivity index (χ4v) is 0.817. The summed E-state index contributed by atoms with van der Waals surface area (Å²) in [5.74, 6) is -0.755. The van der Waals surface area contributed by atoms with Crippen molar-refractivity contribution in [2.75, 3.05) is 6.61 Å². The molecule has 70 valence electrons. The van der Waals surface area contributed by atoms with Crippen molar-refractivity contribution in [2.45, 2.75) is 32.1 Å². The molecule has 0 heterocycles. The molecule has 0 aromatic rings. The van der Waals surface area contributed by atoms with Crippen LogP contribution in [-0.4, -0.2) is 22.8 Å². The van der Waals surface area contributed by atoms with Crippen LogP contribution in [0.2, 0.25) is 0 Å². The zero-order chi connectivity index (χ0) is 9.23. The zero-order valence-electron chi connectivity index (χ0n) is 7.20. The van der Waals surface area contributed by atoms with Crippen LogP contribution in [0.3, 0.4) is 0 Å². The third-order valence-corrected chi connectivity index (χ3v) is 1.47. The third-order valence-electron chi connectivity index (χ3n) is 1.47. The molecular weight excluding hydrogens is 156 g/mol. The van der Waals surface area contributed by atoms with Crippen LogP contribution < -0.4 is 0 Å². The van der Waals surface area contributed by atoms with Crippen LogP contribution in [0.5, 0.6) is 0 Å². The number of unbranched alkanes of at least 4 members (excludes halogenated alkanes) is 2. The summed E-state index contributed by atoms with van der Waals surface area (Å²) < 4.78 is 0. The highest BCUT2D eigenvalue weighted by Crippen LogP contribution is 1.97. The van der Waals surface area contributed by atoms with E-state index < -0.39 is 5.97 Å². The summed E-state index contributed by atoms with van der Waals surface area (Å²) in [5, 5.41) is 16.7. The van der Waals surface area contributed by atoms with E-state index in [-0.39, 0.29) is 13.0 Å². The van der Waals surface area contributed by atoms with Crippen molar-refractivity contribution < 1.29 is 15.0 Å². The van der Waals surface area contributed by atoms with E-state index in [1.54, 1.807) is 0 Å². The van der Waals surface area contributed by atoms with Gasteiger partial charge in [-0.3, -0.25) is 4.79 Å². The van der Waals surface area contributed by atoms with E-state index in [4.69, 9.17) is 10.2 Å². The summed E-state index contributed by atoms with van der Waals surface area (Å²) in [6.45, 7) is 0.239. The number of allylic oxidation sites excluding steroid dienone is 2. The molecule has 0 saturated heterocycles. The third kappa shape index (κ3) is 9.17. The van der Waals surface area contributed by atoms with Gasteiger partial charge in [0.1, 0.15) is 0 Å². The minimum Gasteiger partial charge on any atom is -0.481 e. The van der Waals surface area contributed by atoms with Crippen molar-refractivity contribution in [3.8, 4) is 0 Å². The molecule has 3 heteroatoms. The highest BCUT2D eigenvalue weighted by atomic mass is 16.4. The second-order valence-corrected chi connectivity index (χ2v) is 2.62. The van der Waals surface area contributed by atoms with E-state index in [2.05, 4.69) is 0 Å². The number of carboxylic acid groups (broad SMARTS) is 1. The standard InChI is InChI=1S/C9H16O3/c10-8-6-4-2-1-3-5-7-9(11)12/h1,3,10H,2,4-8H2,(H,11,12). The molecule has 0 aliphatic rings. The molecule has 0 aliphatic heterocycles. The molecule has 0 spiro atoms. The molecular formula is C9H16O3. The van der Waals surface area contributed by atoms with Crippen molar-refractivity contribution in [2.24, 2.45) is 0 Å². The number of rotatable bonds is 7. The molecule has 0 fully saturated rings. The molecule has 0 unspecified atom stereocenters. The number of hydrogen-bond donors (Lipinski definition) is 2. The van der Waals surface area contributed by atoms with Gasteiger partial charge in [0, 0.05) is 13.0 Å². The van der Waals surface area contributed by atoms with Gasteiger partial charge in [-0.05, 0) is 25.7 Å². The number of hydrogen-bond acceptors (Lipinski definition) is 2. The molecule has 0 amide bonds. The molecule has 12 heavy (non-hydrogen) atoms. The first-order valence-electron chi connectivity index (χ1n) is 4.25.